The van der Waals surface area contributed by atoms with Crippen LogP contribution in [-0.2, 0) is 0 Å². The molecule has 1 rings (SSSR count). The van der Waals surface area contributed by atoms with Gasteiger partial charge in [0.1, 0.15) is 5.83 Å². The van der Waals surface area contributed by atoms with Gasteiger partial charge in [-0.1, -0.05) is 24.3 Å². The summed E-state index contributed by atoms with van der Waals surface area (Å²) in [5.74, 6) is 0.331. The first-order chi connectivity index (χ1) is 6.74. The summed E-state index contributed by atoms with van der Waals surface area (Å²) >= 11 is 0. The van der Waals surface area contributed by atoms with Crippen molar-refractivity contribution >= 4 is 0 Å². The molecule has 0 radical (unpaired) electrons. The minimum Gasteiger partial charge on any atom is -0.317 e. The van der Waals surface area contributed by atoms with Crippen LogP contribution in [0.3, 0.4) is 0 Å². The lowest BCUT2D eigenvalue weighted by molar-refractivity contribution is 0.426. The topological polar surface area (TPSA) is 12.0 Å². The molecule has 0 amide bonds. The standard InChI is InChI=1S/C12H18FN/c1-3-12(13)5-4-10(2)11-6-8-14-9-7-11/h3-5,11,14H,2,6-9H2,1H3/b5-4-,12-3+. The Bertz CT molecular complexity index is 247. The SMILES string of the molecule is C=C(/C=C\C(F)=C/C)C1CCNCC1. The zero-order valence-electron chi connectivity index (χ0n) is 8.72. The van der Waals surface area contributed by atoms with Gasteiger partial charge >= 0.3 is 0 Å². The van der Waals surface area contributed by atoms with E-state index in [1.165, 1.54) is 12.2 Å². The molecule has 0 saturated carbocycles. The Morgan fingerprint density at radius 3 is 2.57 bits per heavy atom. The van der Waals surface area contributed by atoms with Crippen LogP contribution in [0.5, 0.6) is 0 Å². The zero-order valence-corrected chi connectivity index (χ0v) is 8.72. The van der Waals surface area contributed by atoms with Crippen LogP contribution < -0.4 is 5.32 Å². The molecular weight excluding hydrogens is 177 g/mol. The molecule has 1 aliphatic rings. The first-order valence-corrected chi connectivity index (χ1v) is 5.13. The van der Waals surface area contributed by atoms with Crippen LogP contribution in [0.4, 0.5) is 4.39 Å². The third-order valence-corrected chi connectivity index (χ3v) is 2.60. The Morgan fingerprint density at radius 2 is 2.00 bits per heavy atom. The highest BCUT2D eigenvalue weighted by Crippen LogP contribution is 2.21. The van der Waals surface area contributed by atoms with Gasteiger partial charge in [-0.3, -0.25) is 0 Å². The number of piperidine rings is 1. The van der Waals surface area contributed by atoms with E-state index in [1.807, 2.05) is 0 Å². The van der Waals surface area contributed by atoms with Gasteiger partial charge in [-0.15, -0.1) is 0 Å². The maximum absolute atomic E-state index is 12.8. The molecule has 1 heterocycles. The summed E-state index contributed by atoms with van der Waals surface area (Å²) < 4.78 is 12.8. The summed E-state index contributed by atoms with van der Waals surface area (Å²) in [6, 6.07) is 0. The van der Waals surface area contributed by atoms with Crippen molar-refractivity contribution in [1.82, 2.24) is 5.32 Å². The van der Waals surface area contributed by atoms with E-state index in [2.05, 4.69) is 11.9 Å². The molecule has 0 aliphatic carbocycles. The van der Waals surface area contributed by atoms with E-state index < -0.39 is 0 Å². The van der Waals surface area contributed by atoms with Crippen LogP contribution >= 0.6 is 0 Å². The van der Waals surface area contributed by atoms with Crippen LogP contribution in [0.2, 0.25) is 0 Å². The molecule has 14 heavy (non-hydrogen) atoms. The summed E-state index contributed by atoms with van der Waals surface area (Å²) in [7, 11) is 0. The lowest BCUT2D eigenvalue weighted by Gasteiger charge is -2.22. The van der Waals surface area contributed by atoms with Crippen LogP contribution in [-0.4, -0.2) is 13.1 Å². The predicted octanol–water partition coefficient (Wildman–Crippen LogP) is 2.97. The zero-order chi connectivity index (χ0) is 10.4. The smallest absolute Gasteiger partial charge is 0.118 e. The number of rotatable bonds is 3. The van der Waals surface area contributed by atoms with Gasteiger partial charge in [0.25, 0.3) is 0 Å². The molecule has 0 atom stereocenters. The molecule has 0 bridgehead atoms. The van der Waals surface area contributed by atoms with Gasteiger partial charge in [-0.05, 0) is 44.8 Å². The molecule has 0 spiro atoms. The van der Waals surface area contributed by atoms with Crippen LogP contribution in [0.15, 0.2) is 36.2 Å². The number of allylic oxidation sites excluding steroid dienone is 5. The van der Waals surface area contributed by atoms with Crippen molar-refractivity contribution in [2.45, 2.75) is 19.8 Å². The lowest BCUT2D eigenvalue weighted by Crippen LogP contribution is -2.28. The summed E-state index contributed by atoms with van der Waals surface area (Å²) in [5.41, 5.74) is 1.04. The van der Waals surface area contributed by atoms with Crippen molar-refractivity contribution in [3.8, 4) is 0 Å². The van der Waals surface area contributed by atoms with Gasteiger partial charge in [0, 0.05) is 0 Å². The predicted molar refractivity (Wildman–Crippen MR) is 58.7 cm³/mol. The van der Waals surface area contributed by atoms with E-state index in [-0.39, 0.29) is 5.83 Å². The van der Waals surface area contributed by atoms with Gasteiger partial charge in [0.15, 0.2) is 0 Å². The first-order valence-electron chi connectivity index (χ1n) is 5.13. The summed E-state index contributed by atoms with van der Waals surface area (Å²) in [4.78, 5) is 0. The molecule has 1 saturated heterocycles. The van der Waals surface area contributed by atoms with E-state index in [0.717, 1.165) is 31.5 Å². The van der Waals surface area contributed by atoms with Gasteiger partial charge < -0.3 is 5.32 Å². The fourth-order valence-electron chi connectivity index (χ4n) is 1.61. The van der Waals surface area contributed by atoms with Crippen molar-refractivity contribution < 1.29 is 4.39 Å². The minimum atomic E-state index is -0.194. The molecule has 78 valence electrons. The van der Waals surface area contributed by atoms with Gasteiger partial charge in [-0.2, -0.15) is 0 Å². The van der Waals surface area contributed by atoms with Crippen molar-refractivity contribution in [1.29, 1.82) is 0 Å². The van der Waals surface area contributed by atoms with Crippen molar-refractivity contribution in [2.24, 2.45) is 5.92 Å². The molecule has 2 heteroatoms. The van der Waals surface area contributed by atoms with Crippen molar-refractivity contribution in [3.63, 3.8) is 0 Å². The van der Waals surface area contributed by atoms with Gasteiger partial charge in [-0.25, -0.2) is 4.39 Å². The van der Waals surface area contributed by atoms with E-state index in [9.17, 15) is 4.39 Å². The highest BCUT2D eigenvalue weighted by atomic mass is 19.1. The van der Waals surface area contributed by atoms with Gasteiger partial charge in [0.05, 0.1) is 0 Å². The third-order valence-electron chi connectivity index (χ3n) is 2.60. The van der Waals surface area contributed by atoms with Gasteiger partial charge in [0.2, 0.25) is 0 Å². The molecule has 1 aliphatic heterocycles. The van der Waals surface area contributed by atoms with Crippen LogP contribution in [0.1, 0.15) is 19.8 Å². The third kappa shape index (κ3) is 3.46. The second kappa shape index (κ2) is 5.76. The molecule has 1 fully saturated rings. The highest BCUT2D eigenvalue weighted by molar-refractivity contribution is 5.24. The fraction of sp³-hybridized carbons (Fsp3) is 0.500. The second-order valence-corrected chi connectivity index (χ2v) is 3.61. The highest BCUT2D eigenvalue weighted by Gasteiger charge is 2.13. The average molecular weight is 195 g/mol. The number of hydrogen-bond acceptors (Lipinski definition) is 1. The summed E-state index contributed by atoms with van der Waals surface area (Å²) in [6.45, 7) is 7.75. The average Bonchev–Trinajstić information content (AvgIpc) is 2.26. The van der Waals surface area contributed by atoms with Crippen molar-refractivity contribution in [3.05, 3.63) is 36.2 Å². The second-order valence-electron chi connectivity index (χ2n) is 3.61. The Balaban J connectivity index is 2.44. The molecule has 0 unspecified atom stereocenters. The minimum absolute atomic E-state index is 0.194. The normalized spacial score (nSPS) is 20.3. The monoisotopic (exact) mass is 195 g/mol. The van der Waals surface area contributed by atoms with E-state index >= 15 is 0 Å². The lowest BCUT2D eigenvalue weighted by atomic mass is 9.90. The number of nitrogens with one attached hydrogen (secondary N) is 1. The first kappa shape index (κ1) is 11.2. The molecule has 1 nitrogen and oxygen atoms in total. The maximum Gasteiger partial charge on any atom is 0.118 e. The van der Waals surface area contributed by atoms with E-state index in [4.69, 9.17) is 0 Å². The summed E-state index contributed by atoms with van der Waals surface area (Å²) in [6.07, 6.45) is 6.96. The molecule has 1 N–H and O–H groups in total. The Hall–Kier alpha value is -0.890. The van der Waals surface area contributed by atoms with Crippen LogP contribution in [0.25, 0.3) is 0 Å². The van der Waals surface area contributed by atoms with E-state index in [1.54, 1.807) is 13.0 Å². The maximum atomic E-state index is 12.8. The Kier molecular flexibility index (Phi) is 4.60. The van der Waals surface area contributed by atoms with Crippen molar-refractivity contribution in [2.75, 3.05) is 13.1 Å². The number of halogens is 1. The largest absolute Gasteiger partial charge is 0.317 e. The Morgan fingerprint density at radius 1 is 1.36 bits per heavy atom. The molecule has 0 aromatic heterocycles. The fourth-order valence-corrected chi connectivity index (χ4v) is 1.61. The summed E-state index contributed by atoms with van der Waals surface area (Å²) in [5, 5.41) is 3.29. The molecule has 0 aromatic carbocycles. The Labute approximate surface area is 85.4 Å². The quantitative estimate of drug-likeness (QED) is 0.683. The number of hydrogen-bond donors (Lipinski definition) is 1. The van der Waals surface area contributed by atoms with E-state index in [0.29, 0.717) is 5.92 Å². The van der Waals surface area contributed by atoms with Crippen LogP contribution in [0, 0.1) is 5.92 Å². The molecule has 0 aromatic rings. The molecular formula is C12H18FN.